The first-order chi connectivity index (χ1) is 9.35. The molecular formula is C11H15N7O. The van der Waals surface area contributed by atoms with Gasteiger partial charge in [0.15, 0.2) is 0 Å². The summed E-state index contributed by atoms with van der Waals surface area (Å²) in [5.41, 5.74) is 0. The number of hydrogen-bond donors (Lipinski definition) is 1. The van der Waals surface area contributed by atoms with Crippen LogP contribution in [0.3, 0.4) is 0 Å². The molecule has 8 nitrogen and oxygen atoms in total. The molecule has 0 atom stereocenters. The monoisotopic (exact) mass is 261 g/mol. The molecule has 0 unspecified atom stereocenters. The predicted molar refractivity (Wildman–Crippen MR) is 67.1 cm³/mol. The first-order valence-corrected chi connectivity index (χ1v) is 6.33. The molecule has 0 spiro atoms. The van der Waals surface area contributed by atoms with Gasteiger partial charge in [-0.05, 0) is 25.7 Å². The molecule has 2 heterocycles. The molecule has 1 fully saturated rings. The Hall–Kier alpha value is -2.25. The van der Waals surface area contributed by atoms with Crippen molar-refractivity contribution in [3.8, 4) is 12.0 Å². The molecule has 1 saturated carbocycles. The zero-order valence-electron chi connectivity index (χ0n) is 10.7. The van der Waals surface area contributed by atoms with E-state index in [-0.39, 0.29) is 0 Å². The third kappa shape index (κ3) is 2.95. The fourth-order valence-corrected chi connectivity index (χ4v) is 1.54. The highest BCUT2D eigenvalue weighted by Crippen LogP contribution is 2.29. The Labute approximate surface area is 110 Å². The molecule has 0 bridgehead atoms. The molecule has 2 aromatic heterocycles. The highest BCUT2D eigenvalue weighted by atomic mass is 16.5. The van der Waals surface area contributed by atoms with Crippen LogP contribution in [0.25, 0.3) is 5.95 Å². The van der Waals surface area contributed by atoms with Crippen LogP contribution in [0.2, 0.25) is 0 Å². The Bertz CT molecular complexity index is 538. The Balaban J connectivity index is 1.84. The maximum absolute atomic E-state index is 5.59. The van der Waals surface area contributed by atoms with Gasteiger partial charge in [0.1, 0.15) is 12.7 Å². The van der Waals surface area contributed by atoms with Crippen LogP contribution in [-0.2, 0) is 0 Å². The second-order valence-corrected chi connectivity index (χ2v) is 4.37. The zero-order chi connectivity index (χ0) is 13.1. The number of nitrogens with zero attached hydrogens (tertiary/aromatic N) is 6. The lowest BCUT2D eigenvalue weighted by molar-refractivity contribution is 0.275. The molecule has 0 aliphatic heterocycles. The summed E-state index contributed by atoms with van der Waals surface area (Å²) >= 11 is 0. The maximum atomic E-state index is 5.59. The van der Waals surface area contributed by atoms with Crippen LogP contribution in [0.5, 0.6) is 6.01 Å². The fraction of sp³-hybridized carbons (Fsp3) is 0.545. The number of ether oxygens (including phenoxy) is 1. The smallest absolute Gasteiger partial charge is 0.323 e. The van der Waals surface area contributed by atoms with Crippen molar-refractivity contribution in [1.82, 2.24) is 29.7 Å². The Morgan fingerprint density at radius 2 is 2.26 bits per heavy atom. The van der Waals surface area contributed by atoms with E-state index in [0.717, 1.165) is 6.54 Å². The van der Waals surface area contributed by atoms with Crippen molar-refractivity contribution in [2.75, 3.05) is 18.5 Å². The van der Waals surface area contributed by atoms with Crippen molar-refractivity contribution in [3.63, 3.8) is 0 Å². The van der Waals surface area contributed by atoms with E-state index in [9.17, 15) is 0 Å². The van der Waals surface area contributed by atoms with Crippen LogP contribution < -0.4 is 10.1 Å². The quantitative estimate of drug-likeness (QED) is 0.817. The van der Waals surface area contributed by atoms with E-state index in [1.807, 2.05) is 6.92 Å². The van der Waals surface area contributed by atoms with E-state index in [1.54, 1.807) is 0 Å². The van der Waals surface area contributed by atoms with Gasteiger partial charge in [-0.15, -0.1) is 0 Å². The van der Waals surface area contributed by atoms with Crippen molar-refractivity contribution in [1.29, 1.82) is 0 Å². The molecule has 0 amide bonds. The molecule has 0 saturated heterocycles. The van der Waals surface area contributed by atoms with Crippen LogP contribution in [0.1, 0.15) is 19.8 Å². The van der Waals surface area contributed by atoms with E-state index in [0.29, 0.717) is 30.4 Å². The molecule has 1 aliphatic carbocycles. The van der Waals surface area contributed by atoms with Crippen molar-refractivity contribution >= 4 is 5.95 Å². The standard InChI is InChI=1S/C11H15N7O/c1-2-13-9-15-10(18-7-12-6-14-18)17-11(16-9)19-5-8-3-4-8/h6-8H,2-5H2,1H3,(H,13,15,16,17). The van der Waals surface area contributed by atoms with Gasteiger partial charge in [-0.25, -0.2) is 4.98 Å². The Morgan fingerprint density at radius 3 is 2.95 bits per heavy atom. The molecule has 1 aliphatic rings. The fourth-order valence-electron chi connectivity index (χ4n) is 1.54. The SMILES string of the molecule is CCNc1nc(OCC2CC2)nc(-n2cncn2)n1. The minimum Gasteiger partial charge on any atom is -0.463 e. The minimum atomic E-state index is 0.323. The second kappa shape index (κ2) is 5.17. The third-order valence-electron chi connectivity index (χ3n) is 2.71. The van der Waals surface area contributed by atoms with Gasteiger partial charge < -0.3 is 10.1 Å². The normalized spacial score (nSPS) is 14.4. The van der Waals surface area contributed by atoms with Crippen molar-refractivity contribution in [2.24, 2.45) is 5.92 Å². The van der Waals surface area contributed by atoms with E-state index < -0.39 is 0 Å². The van der Waals surface area contributed by atoms with Crippen LogP contribution in [-0.4, -0.2) is 42.9 Å². The van der Waals surface area contributed by atoms with Gasteiger partial charge in [-0.1, -0.05) is 0 Å². The summed E-state index contributed by atoms with van der Waals surface area (Å²) in [6, 6.07) is 0.323. The van der Waals surface area contributed by atoms with Crippen LogP contribution in [0.4, 0.5) is 5.95 Å². The largest absolute Gasteiger partial charge is 0.463 e. The summed E-state index contributed by atoms with van der Waals surface area (Å²) in [5, 5.41) is 7.06. The van der Waals surface area contributed by atoms with Gasteiger partial charge in [0.25, 0.3) is 5.95 Å². The molecule has 1 N–H and O–H groups in total. The molecule has 3 rings (SSSR count). The predicted octanol–water partition coefficient (Wildman–Crippen LogP) is 0.673. The highest BCUT2D eigenvalue weighted by molar-refractivity contribution is 5.29. The summed E-state index contributed by atoms with van der Waals surface area (Å²) in [6.07, 6.45) is 5.42. The topological polar surface area (TPSA) is 90.6 Å². The second-order valence-electron chi connectivity index (χ2n) is 4.37. The average molecular weight is 261 g/mol. The summed E-state index contributed by atoms with van der Waals surface area (Å²) in [7, 11) is 0. The van der Waals surface area contributed by atoms with Crippen LogP contribution in [0, 0.1) is 5.92 Å². The first kappa shape index (κ1) is 11.8. The lowest BCUT2D eigenvalue weighted by Gasteiger charge is -2.08. The van der Waals surface area contributed by atoms with E-state index in [1.165, 1.54) is 30.2 Å². The van der Waals surface area contributed by atoms with E-state index >= 15 is 0 Å². The van der Waals surface area contributed by atoms with Gasteiger partial charge in [0.2, 0.25) is 5.95 Å². The van der Waals surface area contributed by atoms with Gasteiger partial charge in [-0.2, -0.15) is 24.7 Å². The lowest BCUT2D eigenvalue weighted by atomic mass is 10.5. The summed E-state index contributed by atoms with van der Waals surface area (Å²) < 4.78 is 7.07. The zero-order valence-corrected chi connectivity index (χ0v) is 10.7. The number of aromatic nitrogens is 6. The Kier molecular flexibility index (Phi) is 3.21. The van der Waals surface area contributed by atoms with Crippen molar-refractivity contribution in [3.05, 3.63) is 12.7 Å². The van der Waals surface area contributed by atoms with Crippen LogP contribution in [0.15, 0.2) is 12.7 Å². The average Bonchev–Trinajstić information content (AvgIpc) is 3.08. The molecule has 0 aromatic carbocycles. The summed E-state index contributed by atoms with van der Waals surface area (Å²) in [6.45, 7) is 3.36. The van der Waals surface area contributed by atoms with Gasteiger partial charge in [0.05, 0.1) is 6.61 Å². The van der Waals surface area contributed by atoms with Crippen LogP contribution >= 0.6 is 0 Å². The van der Waals surface area contributed by atoms with Crippen molar-refractivity contribution in [2.45, 2.75) is 19.8 Å². The molecule has 8 heteroatoms. The molecule has 19 heavy (non-hydrogen) atoms. The van der Waals surface area contributed by atoms with E-state index in [4.69, 9.17) is 4.74 Å². The van der Waals surface area contributed by atoms with Gasteiger partial charge >= 0.3 is 6.01 Å². The maximum Gasteiger partial charge on any atom is 0.323 e. The van der Waals surface area contributed by atoms with Gasteiger partial charge in [-0.3, -0.25) is 0 Å². The summed E-state index contributed by atoms with van der Waals surface area (Å²) in [5.74, 6) is 1.53. The number of rotatable bonds is 6. The number of hydrogen-bond acceptors (Lipinski definition) is 7. The Morgan fingerprint density at radius 1 is 1.37 bits per heavy atom. The highest BCUT2D eigenvalue weighted by Gasteiger charge is 2.22. The lowest BCUT2D eigenvalue weighted by Crippen LogP contribution is -2.12. The molecule has 2 aromatic rings. The van der Waals surface area contributed by atoms with Crippen molar-refractivity contribution < 1.29 is 4.74 Å². The van der Waals surface area contributed by atoms with E-state index in [2.05, 4.69) is 30.4 Å². The number of nitrogens with one attached hydrogen (secondary N) is 1. The first-order valence-electron chi connectivity index (χ1n) is 6.33. The summed E-state index contributed by atoms with van der Waals surface area (Å²) in [4.78, 5) is 16.6. The van der Waals surface area contributed by atoms with Gasteiger partial charge in [0, 0.05) is 6.54 Å². The molecule has 100 valence electrons. The number of anilines is 1. The molecular weight excluding hydrogens is 246 g/mol. The minimum absolute atomic E-state index is 0.323. The molecule has 0 radical (unpaired) electrons. The third-order valence-corrected chi connectivity index (χ3v) is 2.71.